The van der Waals surface area contributed by atoms with Gasteiger partial charge in [0.15, 0.2) is 0 Å². The maximum atomic E-state index is 6.42. The van der Waals surface area contributed by atoms with Crippen LogP contribution in [0.5, 0.6) is 0 Å². The van der Waals surface area contributed by atoms with Crippen LogP contribution in [0.25, 0.3) is 10.9 Å². The highest BCUT2D eigenvalue weighted by molar-refractivity contribution is 9.10. The number of hydrogen-bond acceptors (Lipinski definition) is 1. The molecule has 0 fully saturated rings. The van der Waals surface area contributed by atoms with Crippen LogP contribution in [0.15, 0.2) is 40.9 Å². The van der Waals surface area contributed by atoms with Crippen molar-refractivity contribution in [2.75, 3.05) is 6.54 Å². The Balaban J connectivity index is 1.92. The normalized spacial score (nSPS) is 17.7. The predicted molar refractivity (Wildman–Crippen MR) is 96.0 cm³/mol. The Hall–Kier alpha value is -1.000. The van der Waals surface area contributed by atoms with Crippen molar-refractivity contribution in [2.45, 2.75) is 12.5 Å². The topological polar surface area (TPSA) is 27.8 Å². The first-order valence-corrected chi connectivity index (χ1v) is 8.67. The van der Waals surface area contributed by atoms with Crippen LogP contribution in [0.3, 0.4) is 0 Å². The van der Waals surface area contributed by atoms with E-state index in [1.807, 2.05) is 18.2 Å². The fourth-order valence-corrected chi connectivity index (χ4v) is 3.99. The molecule has 0 saturated heterocycles. The van der Waals surface area contributed by atoms with E-state index in [-0.39, 0.29) is 6.04 Å². The second kappa shape index (κ2) is 5.57. The summed E-state index contributed by atoms with van der Waals surface area (Å²) in [5, 5.41) is 6.03. The molecule has 4 rings (SSSR count). The second-order valence-corrected chi connectivity index (χ2v) is 7.19. The van der Waals surface area contributed by atoms with Gasteiger partial charge in [-0.05, 0) is 41.8 Å². The molecule has 0 aliphatic carbocycles. The lowest BCUT2D eigenvalue weighted by atomic mass is 9.94. The zero-order chi connectivity index (χ0) is 15.3. The van der Waals surface area contributed by atoms with Crippen LogP contribution in [0, 0.1) is 0 Å². The molecule has 1 aliphatic heterocycles. The summed E-state index contributed by atoms with van der Waals surface area (Å²) in [5.41, 5.74) is 4.71. The monoisotopic (exact) mass is 394 g/mol. The third-order valence-electron chi connectivity index (χ3n) is 4.21. The van der Waals surface area contributed by atoms with Gasteiger partial charge in [0.05, 0.1) is 16.1 Å². The van der Waals surface area contributed by atoms with Crippen molar-refractivity contribution in [3.8, 4) is 0 Å². The molecule has 2 N–H and O–H groups in total. The average Bonchev–Trinajstić information content (AvgIpc) is 2.88. The summed E-state index contributed by atoms with van der Waals surface area (Å²) in [6, 6.07) is 12.2. The lowest BCUT2D eigenvalue weighted by molar-refractivity contribution is 0.560. The minimum absolute atomic E-state index is 0.0427. The van der Waals surface area contributed by atoms with Crippen LogP contribution in [0.4, 0.5) is 0 Å². The van der Waals surface area contributed by atoms with E-state index >= 15 is 0 Å². The zero-order valence-electron chi connectivity index (χ0n) is 11.6. The highest BCUT2D eigenvalue weighted by atomic mass is 79.9. The van der Waals surface area contributed by atoms with E-state index in [2.05, 4.69) is 44.4 Å². The van der Waals surface area contributed by atoms with E-state index in [0.717, 1.165) is 28.5 Å². The molecule has 0 radical (unpaired) electrons. The highest BCUT2D eigenvalue weighted by Crippen LogP contribution is 2.38. The van der Waals surface area contributed by atoms with Crippen LogP contribution in [-0.2, 0) is 6.42 Å². The third-order valence-corrected chi connectivity index (χ3v) is 5.53. The first-order valence-electron chi connectivity index (χ1n) is 7.12. The summed E-state index contributed by atoms with van der Waals surface area (Å²) in [7, 11) is 0. The van der Waals surface area contributed by atoms with Gasteiger partial charge in [-0.25, -0.2) is 0 Å². The SMILES string of the molecule is Clc1cccc(C2NCCc3c2[nH]c2ccc(Br)cc32)c1Cl. The van der Waals surface area contributed by atoms with E-state index in [1.165, 1.54) is 16.6 Å². The van der Waals surface area contributed by atoms with Crippen molar-refractivity contribution < 1.29 is 0 Å². The Bertz CT molecular complexity index is 872. The van der Waals surface area contributed by atoms with Crippen LogP contribution in [-0.4, -0.2) is 11.5 Å². The minimum atomic E-state index is 0.0427. The van der Waals surface area contributed by atoms with Gasteiger partial charge in [0.25, 0.3) is 0 Å². The van der Waals surface area contributed by atoms with Crippen molar-refractivity contribution >= 4 is 50.0 Å². The molecule has 0 spiro atoms. The lowest BCUT2D eigenvalue weighted by Crippen LogP contribution is -2.30. The quantitative estimate of drug-likeness (QED) is 0.561. The van der Waals surface area contributed by atoms with Gasteiger partial charge < -0.3 is 10.3 Å². The van der Waals surface area contributed by atoms with Crippen molar-refractivity contribution in [1.82, 2.24) is 10.3 Å². The van der Waals surface area contributed by atoms with Gasteiger partial charge in [-0.3, -0.25) is 0 Å². The van der Waals surface area contributed by atoms with Crippen LogP contribution < -0.4 is 5.32 Å². The number of benzene rings is 2. The van der Waals surface area contributed by atoms with Crippen molar-refractivity contribution in [2.24, 2.45) is 0 Å². The molecule has 22 heavy (non-hydrogen) atoms. The molecule has 0 bridgehead atoms. The number of halogens is 3. The summed E-state index contributed by atoms with van der Waals surface area (Å²) in [5.74, 6) is 0. The molecule has 1 atom stereocenters. The number of rotatable bonds is 1. The van der Waals surface area contributed by atoms with Crippen LogP contribution in [0.2, 0.25) is 10.0 Å². The molecule has 2 aromatic carbocycles. The molecule has 1 unspecified atom stereocenters. The third kappa shape index (κ3) is 2.28. The fraction of sp³-hybridized carbons (Fsp3) is 0.176. The molecule has 0 saturated carbocycles. The molecule has 1 aromatic heterocycles. The molecule has 1 aliphatic rings. The van der Waals surface area contributed by atoms with Gasteiger partial charge in [0.2, 0.25) is 0 Å². The molecule has 5 heteroatoms. The van der Waals surface area contributed by atoms with Crippen LogP contribution >= 0.6 is 39.1 Å². The highest BCUT2D eigenvalue weighted by Gasteiger charge is 2.27. The number of H-pyrrole nitrogens is 1. The minimum Gasteiger partial charge on any atom is -0.357 e. The van der Waals surface area contributed by atoms with Gasteiger partial charge in [-0.1, -0.05) is 51.3 Å². The van der Waals surface area contributed by atoms with Crippen molar-refractivity contribution in [3.63, 3.8) is 0 Å². The molecule has 0 amide bonds. The number of nitrogens with one attached hydrogen (secondary N) is 2. The molecular formula is C17H13BrCl2N2. The maximum Gasteiger partial charge on any atom is 0.0747 e. The zero-order valence-corrected chi connectivity index (χ0v) is 14.7. The van der Waals surface area contributed by atoms with Crippen LogP contribution in [0.1, 0.15) is 22.9 Å². The summed E-state index contributed by atoms with van der Waals surface area (Å²) < 4.78 is 1.10. The van der Waals surface area contributed by atoms with E-state index in [9.17, 15) is 0 Å². The van der Waals surface area contributed by atoms with Crippen molar-refractivity contribution in [3.05, 3.63) is 67.7 Å². The fourth-order valence-electron chi connectivity index (χ4n) is 3.21. The van der Waals surface area contributed by atoms with Crippen molar-refractivity contribution in [1.29, 1.82) is 0 Å². The van der Waals surface area contributed by atoms with Gasteiger partial charge in [-0.2, -0.15) is 0 Å². The number of hydrogen-bond donors (Lipinski definition) is 2. The largest absolute Gasteiger partial charge is 0.357 e. The number of fused-ring (bicyclic) bond motifs is 3. The summed E-state index contributed by atoms with van der Waals surface area (Å²) in [6.45, 7) is 0.917. The van der Waals surface area contributed by atoms with Gasteiger partial charge in [0.1, 0.15) is 0 Å². The van der Waals surface area contributed by atoms with Gasteiger partial charge in [0, 0.05) is 27.6 Å². The summed E-state index contributed by atoms with van der Waals surface area (Å²) >= 11 is 16.2. The molecule has 2 heterocycles. The second-order valence-electron chi connectivity index (χ2n) is 5.49. The Morgan fingerprint density at radius 1 is 1.14 bits per heavy atom. The Kier molecular flexibility index (Phi) is 3.69. The number of aromatic amines is 1. The van der Waals surface area contributed by atoms with E-state index in [4.69, 9.17) is 23.2 Å². The molecule has 2 nitrogen and oxygen atoms in total. The summed E-state index contributed by atoms with van der Waals surface area (Å²) in [6.07, 6.45) is 1.00. The summed E-state index contributed by atoms with van der Waals surface area (Å²) in [4.78, 5) is 3.55. The molecular weight excluding hydrogens is 383 g/mol. The smallest absolute Gasteiger partial charge is 0.0747 e. The van der Waals surface area contributed by atoms with Gasteiger partial charge >= 0.3 is 0 Å². The average molecular weight is 396 g/mol. The maximum absolute atomic E-state index is 6.42. The Labute approximate surface area is 146 Å². The standard InChI is InChI=1S/C17H13BrCl2N2/c18-9-4-5-14-12(8-9)10-6-7-21-16(17(10)22-14)11-2-1-3-13(19)15(11)20/h1-5,8,16,21-22H,6-7H2. The van der Waals surface area contributed by atoms with E-state index in [1.54, 1.807) is 0 Å². The predicted octanol–water partition coefficient (Wildman–Crippen LogP) is 5.47. The van der Waals surface area contributed by atoms with E-state index < -0.39 is 0 Å². The Morgan fingerprint density at radius 3 is 2.86 bits per heavy atom. The lowest BCUT2D eigenvalue weighted by Gasteiger charge is -2.25. The molecule has 3 aromatic rings. The first kappa shape index (κ1) is 14.6. The molecule has 112 valence electrons. The Morgan fingerprint density at radius 2 is 2.00 bits per heavy atom. The first-order chi connectivity index (χ1) is 10.6. The number of aromatic nitrogens is 1. The van der Waals surface area contributed by atoms with E-state index in [0.29, 0.717) is 10.0 Å². The van der Waals surface area contributed by atoms with Gasteiger partial charge in [-0.15, -0.1) is 0 Å².